The van der Waals surface area contributed by atoms with Crippen LogP contribution in [0, 0.1) is 24.6 Å². The fourth-order valence-corrected chi connectivity index (χ4v) is 5.83. The average Bonchev–Trinajstić information content (AvgIpc) is 3.38. The molecule has 2 atom stereocenters. The highest BCUT2D eigenvalue weighted by molar-refractivity contribution is 7.19. The van der Waals surface area contributed by atoms with E-state index in [1.807, 2.05) is 6.92 Å². The van der Waals surface area contributed by atoms with Crippen molar-refractivity contribution in [3.05, 3.63) is 70.6 Å². The normalized spacial score (nSPS) is 12.1. The molecule has 2 aromatic heterocycles. The van der Waals surface area contributed by atoms with Crippen LogP contribution in [0.2, 0.25) is 0 Å². The summed E-state index contributed by atoms with van der Waals surface area (Å²) in [5.41, 5.74) is 1.65. The van der Waals surface area contributed by atoms with E-state index >= 15 is 0 Å². The number of pyridine rings is 1. The van der Waals surface area contributed by atoms with Crippen LogP contribution in [0.25, 0.3) is 10.2 Å². The Bertz CT molecular complexity index is 1530. The lowest BCUT2D eigenvalue weighted by molar-refractivity contribution is 0.102. The van der Waals surface area contributed by atoms with Crippen molar-refractivity contribution in [3.8, 4) is 11.6 Å². The molecule has 2 heterocycles. The molecular formula is C33H41FN4O5S. The van der Waals surface area contributed by atoms with E-state index in [9.17, 15) is 14.0 Å². The van der Waals surface area contributed by atoms with Gasteiger partial charge in [0, 0.05) is 25.5 Å². The second kappa shape index (κ2) is 16.7. The van der Waals surface area contributed by atoms with Crippen LogP contribution in [0.1, 0.15) is 65.8 Å². The number of hydrogen-bond donors (Lipinski definition) is 2. The number of methoxy groups -OCH3 is 3. The van der Waals surface area contributed by atoms with Gasteiger partial charge in [0.25, 0.3) is 11.8 Å². The third kappa shape index (κ3) is 9.45. The molecule has 4 aromatic rings. The fraction of sp³-hybridized carbons (Fsp3) is 0.394. The molecule has 0 saturated heterocycles. The van der Waals surface area contributed by atoms with E-state index < -0.39 is 17.6 Å². The number of aromatic nitrogens is 2. The molecule has 0 aliphatic heterocycles. The lowest BCUT2D eigenvalue weighted by atomic mass is 9.94. The molecule has 4 rings (SSSR count). The van der Waals surface area contributed by atoms with Gasteiger partial charge in [0.05, 0.1) is 46.9 Å². The third-order valence-electron chi connectivity index (χ3n) is 6.79. The second-order valence-corrected chi connectivity index (χ2v) is 11.8. The first-order valence-electron chi connectivity index (χ1n) is 14.4. The maximum Gasteiger partial charge on any atom is 0.261 e. The SMILES string of the molecule is CCCC(C)CC(C)COC.COc1cc(C(=O)Nc2ccc(F)cc2)c(NC(=O)c2c(OC)ccc3nc(C)sc23)cn1. The highest BCUT2D eigenvalue weighted by Crippen LogP contribution is 2.33. The Morgan fingerprint density at radius 2 is 1.70 bits per heavy atom. The van der Waals surface area contributed by atoms with Crippen molar-refractivity contribution in [2.45, 2.75) is 47.0 Å². The molecule has 44 heavy (non-hydrogen) atoms. The summed E-state index contributed by atoms with van der Waals surface area (Å²) in [4.78, 5) is 34.8. The number of halogens is 1. The maximum absolute atomic E-state index is 13.3. The summed E-state index contributed by atoms with van der Waals surface area (Å²) < 4.78 is 29.5. The Kier molecular flexibility index (Phi) is 13.0. The predicted molar refractivity (Wildman–Crippen MR) is 174 cm³/mol. The highest BCUT2D eigenvalue weighted by atomic mass is 32.1. The van der Waals surface area contributed by atoms with Crippen molar-refractivity contribution in [2.24, 2.45) is 11.8 Å². The Balaban J connectivity index is 0.000000411. The minimum absolute atomic E-state index is 0.117. The van der Waals surface area contributed by atoms with E-state index in [0.717, 1.165) is 23.5 Å². The fourth-order valence-electron chi connectivity index (χ4n) is 4.87. The largest absolute Gasteiger partial charge is 0.496 e. The molecule has 0 saturated carbocycles. The van der Waals surface area contributed by atoms with Gasteiger partial charge in [0.1, 0.15) is 17.1 Å². The molecule has 0 bridgehead atoms. The number of nitrogens with one attached hydrogen (secondary N) is 2. The molecule has 2 amide bonds. The first-order chi connectivity index (χ1) is 21.1. The molecule has 11 heteroatoms. The number of thiazole rings is 1. The van der Waals surface area contributed by atoms with E-state index in [0.29, 0.717) is 27.2 Å². The molecule has 0 aliphatic carbocycles. The number of nitrogens with zero attached hydrogens (tertiary/aromatic N) is 2. The molecule has 0 radical (unpaired) electrons. The first-order valence-corrected chi connectivity index (χ1v) is 15.3. The molecule has 2 aromatic carbocycles. The molecule has 0 fully saturated rings. The zero-order valence-corrected chi connectivity index (χ0v) is 27.1. The van der Waals surface area contributed by atoms with E-state index in [-0.39, 0.29) is 17.1 Å². The van der Waals surface area contributed by atoms with Crippen LogP contribution in [0.5, 0.6) is 11.6 Å². The van der Waals surface area contributed by atoms with Crippen molar-refractivity contribution < 1.29 is 28.2 Å². The Morgan fingerprint density at radius 3 is 2.34 bits per heavy atom. The number of carbonyl (C=O) groups is 2. The van der Waals surface area contributed by atoms with E-state index in [2.05, 4.69) is 41.4 Å². The number of rotatable bonds is 12. The predicted octanol–water partition coefficient (Wildman–Crippen LogP) is 7.76. The van der Waals surface area contributed by atoms with Gasteiger partial charge in [-0.1, -0.05) is 33.6 Å². The summed E-state index contributed by atoms with van der Waals surface area (Å²) in [6.45, 7) is 9.60. The number of anilines is 2. The van der Waals surface area contributed by atoms with Gasteiger partial charge < -0.3 is 24.8 Å². The van der Waals surface area contributed by atoms with Gasteiger partial charge in [-0.05, 0) is 61.6 Å². The molecule has 9 nitrogen and oxygen atoms in total. The smallest absolute Gasteiger partial charge is 0.261 e. The lowest BCUT2D eigenvalue weighted by Gasteiger charge is -2.15. The number of amides is 2. The third-order valence-corrected chi connectivity index (χ3v) is 7.80. The molecule has 0 aliphatic rings. The highest BCUT2D eigenvalue weighted by Gasteiger charge is 2.22. The Morgan fingerprint density at radius 1 is 0.977 bits per heavy atom. The minimum Gasteiger partial charge on any atom is -0.496 e. The number of benzene rings is 2. The summed E-state index contributed by atoms with van der Waals surface area (Å²) in [5, 5.41) is 6.23. The van der Waals surface area contributed by atoms with E-state index in [1.54, 1.807) is 19.2 Å². The monoisotopic (exact) mass is 624 g/mol. The summed E-state index contributed by atoms with van der Waals surface area (Å²) in [7, 11) is 4.67. The Labute approximate surface area is 262 Å². The number of carbonyl (C=O) groups excluding carboxylic acids is 2. The van der Waals surface area contributed by atoms with Gasteiger partial charge in [0.15, 0.2) is 0 Å². The summed E-state index contributed by atoms with van der Waals surface area (Å²) in [5.74, 6) is 0.720. The summed E-state index contributed by atoms with van der Waals surface area (Å²) in [6.07, 6.45) is 5.30. The summed E-state index contributed by atoms with van der Waals surface area (Å²) >= 11 is 1.37. The van der Waals surface area contributed by atoms with Crippen LogP contribution in [0.4, 0.5) is 15.8 Å². The second-order valence-electron chi connectivity index (χ2n) is 10.6. The molecule has 0 spiro atoms. The molecular weight excluding hydrogens is 583 g/mol. The number of ether oxygens (including phenoxy) is 3. The molecule has 236 valence electrons. The first kappa shape index (κ1) is 34.4. The summed E-state index contributed by atoms with van der Waals surface area (Å²) in [6, 6.07) is 10.2. The van der Waals surface area contributed by atoms with E-state index in [4.69, 9.17) is 14.2 Å². The number of fused-ring (bicyclic) bond motifs is 1. The zero-order valence-electron chi connectivity index (χ0n) is 26.3. The van der Waals surface area contributed by atoms with E-state index in [1.165, 1.54) is 81.3 Å². The van der Waals surface area contributed by atoms with Crippen molar-refractivity contribution in [2.75, 3.05) is 38.6 Å². The van der Waals surface area contributed by atoms with Crippen LogP contribution >= 0.6 is 11.3 Å². The number of hydrogen-bond acceptors (Lipinski definition) is 8. The topological polar surface area (TPSA) is 112 Å². The van der Waals surface area contributed by atoms with Crippen LogP contribution < -0.4 is 20.1 Å². The van der Waals surface area contributed by atoms with Crippen molar-refractivity contribution in [1.29, 1.82) is 0 Å². The van der Waals surface area contributed by atoms with Crippen molar-refractivity contribution in [3.63, 3.8) is 0 Å². The van der Waals surface area contributed by atoms with Crippen molar-refractivity contribution in [1.82, 2.24) is 9.97 Å². The van der Waals surface area contributed by atoms with Gasteiger partial charge in [-0.3, -0.25) is 9.59 Å². The standard InChI is InChI=1S/C23H19FN4O4S.C10H22O/c1-12-26-16-8-9-18(31-2)20(21(16)33-12)23(30)28-17-11-25-19(32-3)10-15(17)22(29)27-14-6-4-13(24)5-7-14;1-5-6-9(2)7-10(3)8-11-4/h4-11H,1-3H3,(H,27,29)(H,28,30);9-10H,5-8H2,1-4H3. The van der Waals surface area contributed by atoms with Crippen LogP contribution in [0.15, 0.2) is 48.7 Å². The van der Waals surface area contributed by atoms with Gasteiger partial charge in [-0.25, -0.2) is 14.4 Å². The zero-order chi connectivity index (χ0) is 32.2. The van der Waals surface area contributed by atoms with Crippen LogP contribution in [-0.2, 0) is 4.74 Å². The van der Waals surface area contributed by atoms with Crippen molar-refractivity contribution >= 4 is 44.7 Å². The minimum atomic E-state index is -0.531. The Hall–Kier alpha value is -4.09. The quantitative estimate of drug-likeness (QED) is 0.166. The lowest BCUT2D eigenvalue weighted by Crippen LogP contribution is -2.19. The molecule has 2 N–H and O–H groups in total. The molecule has 2 unspecified atom stereocenters. The van der Waals surface area contributed by atoms with Crippen LogP contribution in [0.3, 0.4) is 0 Å². The van der Waals surface area contributed by atoms with Gasteiger partial charge in [0.2, 0.25) is 5.88 Å². The maximum atomic E-state index is 13.3. The van der Waals surface area contributed by atoms with Gasteiger partial charge in [-0.2, -0.15) is 0 Å². The van der Waals surface area contributed by atoms with Gasteiger partial charge in [-0.15, -0.1) is 11.3 Å². The van der Waals surface area contributed by atoms with Gasteiger partial charge >= 0.3 is 0 Å². The average molecular weight is 625 g/mol. The van der Waals surface area contributed by atoms with Crippen LogP contribution in [-0.4, -0.2) is 49.7 Å². The number of aryl methyl sites for hydroxylation is 1.